The third-order valence-corrected chi connectivity index (χ3v) is 5.77. The number of rotatable bonds is 7. The van der Waals surface area contributed by atoms with Crippen LogP contribution in [-0.4, -0.2) is 24.9 Å². The summed E-state index contributed by atoms with van der Waals surface area (Å²) >= 11 is 0. The summed E-state index contributed by atoms with van der Waals surface area (Å²) in [4.78, 5) is 8.98. The van der Waals surface area contributed by atoms with Crippen molar-refractivity contribution in [1.82, 2.24) is 9.97 Å². The highest BCUT2D eigenvalue weighted by Gasteiger charge is 2.15. The standard InChI is InChI=1S/C21H25N5O2S/c1-5-22-21-23-16(4)13-20(25-21)24-17-7-9-18(10-8-17)26-29(27,28)19-11-6-14(2)15(3)12-19/h6-13,26H,5H2,1-4H3,(H2,22,23,24,25). The van der Waals surface area contributed by atoms with Gasteiger partial charge in [0.1, 0.15) is 5.82 Å². The molecule has 0 bridgehead atoms. The Hall–Kier alpha value is -3.13. The van der Waals surface area contributed by atoms with Crippen molar-refractivity contribution in [2.45, 2.75) is 32.6 Å². The van der Waals surface area contributed by atoms with E-state index in [1.54, 1.807) is 36.4 Å². The molecular weight excluding hydrogens is 386 g/mol. The molecular formula is C21H25N5O2S. The maximum Gasteiger partial charge on any atom is 0.261 e. The van der Waals surface area contributed by atoms with Gasteiger partial charge in [0.05, 0.1) is 4.90 Å². The van der Waals surface area contributed by atoms with Crippen molar-refractivity contribution < 1.29 is 8.42 Å². The molecule has 3 aromatic rings. The van der Waals surface area contributed by atoms with Crippen molar-refractivity contribution in [3.05, 3.63) is 65.4 Å². The quantitative estimate of drug-likeness (QED) is 0.534. The summed E-state index contributed by atoms with van der Waals surface area (Å²) in [5.74, 6) is 1.23. The van der Waals surface area contributed by atoms with Crippen LogP contribution in [0, 0.1) is 20.8 Å². The summed E-state index contributed by atoms with van der Waals surface area (Å²) < 4.78 is 27.9. The molecule has 152 valence electrons. The zero-order valence-corrected chi connectivity index (χ0v) is 17.8. The van der Waals surface area contributed by atoms with Gasteiger partial charge in [-0.1, -0.05) is 6.07 Å². The summed E-state index contributed by atoms with van der Waals surface area (Å²) in [6, 6.07) is 13.9. The van der Waals surface area contributed by atoms with Gasteiger partial charge in [0.15, 0.2) is 0 Å². The van der Waals surface area contributed by atoms with E-state index in [1.165, 1.54) is 0 Å². The fraction of sp³-hybridized carbons (Fsp3) is 0.238. The van der Waals surface area contributed by atoms with E-state index in [0.717, 1.165) is 29.1 Å². The first-order chi connectivity index (χ1) is 13.8. The lowest BCUT2D eigenvalue weighted by molar-refractivity contribution is 0.601. The lowest BCUT2D eigenvalue weighted by Crippen LogP contribution is -2.13. The molecule has 29 heavy (non-hydrogen) atoms. The molecule has 2 aromatic carbocycles. The Kier molecular flexibility index (Phi) is 6.03. The first kappa shape index (κ1) is 20.6. The second-order valence-corrected chi connectivity index (χ2v) is 8.48. The largest absolute Gasteiger partial charge is 0.354 e. The van der Waals surface area contributed by atoms with Crippen LogP contribution >= 0.6 is 0 Å². The zero-order valence-electron chi connectivity index (χ0n) is 16.9. The first-order valence-corrected chi connectivity index (χ1v) is 10.8. The highest BCUT2D eigenvalue weighted by Crippen LogP contribution is 2.22. The number of sulfonamides is 1. The highest BCUT2D eigenvalue weighted by molar-refractivity contribution is 7.92. The molecule has 3 N–H and O–H groups in total. The molecule has 0 aliphatic heterocycles. The molecule has 0 spiro atoms. The van der Waals surface area contributed by atoms with Gasteiger partial charge in [0.25, 0.3) is 10.0 Å². The van der Waals surface area contributed by atoms with Crippen molar-refractivity contribution >= 4 is 33.2 Å². The van der Waals surface area contributed by atoms with E-state index >= 15 is 0 Å². The van der Waals surface area contributed by atoms with Crippen LogP contribution in [0.2, 0.25) is 0 Å². The molecule has 0 fully saturated rings. The Bertz CT molecular complexity index is 1110. The summed E-state index contributed by atoms with van der Waals surface area (Å²) in [6.45, 7) is 8.46. The number of hydrogen-bond donors (Lipinski definition) is 3. The van der Waals surface area contributed by atoms with Crippen molar-refractivity contribution in [2.24, 2.45) is 0 Å². The number of nitrogens with zero attached hydrogens (tertiary/aromatic N) is 2. The molecule has 0 unspecified atom stereocenters. The van der Waals surface area contributed by atoms with Crippen LogP contribution in [0.1, 0.15) is 23.7 Å². The van der Waals surface area contributed by atoms with Crippen LogP contribution in [-0.2, 0) is 10.0 Å². The lowest BCUT2D eigenvalue weighted by atomic mass is 10.1. The van der Waals surface area contributed by atoms with Gasteiger partial charge in [-0.2, -0.15) is 4.98 Å². The van der Waals surface area contributed by atoms with Crippen molar-refractivity contribution in [3.63, 3.8) is 0 Å². The number of aromatic nitrogens is 2. The van der Waals surface area contributed by atoms with Crippen LogP contribution in [0.4, 0.5) is 23.1 Å². The van der Waals surface area contributed by atoms with Gasteiger partial charge in [-0.3, -0.25) is 4.72 Å². The minimum Gasteiger partial charge on any atom is -0.354 e. The normalized spacial score (nSPS) is 11.2. The fourth-order valence-corrected chi connectivity index (χ4v) is 3.88. The minimum atomic E-state index is -3.64. The number of hydrogen-bond acceptors (Lipinski definition) is 6. The number of nitrogens with one attached hydrogen (secondary N) is 3. The summed E-state index contributed by atoms with van der Waals surface area (Å²) in [6.07, 6.45) is 0. The number of aryl methyl sites for hydroxylation is 3. The molecule has 0 radical (unpaired) electrons. The third kappa shape index (κ3) is 5.23. The second kappa shape index (κ2) is 8.48. The lowest BCUT2D eigenvalue weighted by Gasteiger charge is -2.12. The summed E-state index contributed by atoms with van der Waals surface area (Å²) in [5.41, 5.74) is 4.11. The minimum absolute atomic E-state index is 0.246. The van der Waals surface area contributed by atoms with Crippen molar-refractivity contribution in [2.75, 3.05) is 21.9 Å². The van der Waals surface area contributed by atoms with E-state index in [9.17, 15) is 8.42 Å². The second-order valence-electron chi connectivity index (χ2n) is 6.80. The molecule has 1 aromatic heterocycles. The monoisotopic (exact) mass is 411 g/mol. The molecule has 0 aliphatic carbocycles. The van der Waals surface area contributed by atoms with Crippen LogP contribution in [0.3, 0.4) is 0 Å². The van der Waals surface area contributed by atoms with Gasteiger partial charge < -0.3 is 10.6 Å². The summed E-state index contributed by atoms with van der Waals surface area (Å²) in [7, 11) is -3.64. The predicted molar refractivity (Wildman–Crippen MR) is 117 cm³/mol. The zero-order chi connectivity index (χ0) is 21.0. The van der Waals surface area contributed by atoms with Crippen molar-refractivity contribution in [3.8, 4) is 0 Å². The predicted octanol–water partition coefficient (Wildman–Crippen LogP) is 4.38. The van der Waals surface area contributed by atoms with E-state index < -0.39 is 10.0 Å². The number of anilines is 4. The van der Waals surface area contributed by atoms with Gasteiger partial charge in [0.2, 0.25) is 5.95 Å². The summed E-state index contributed by atoms with van der Waals surface area (Å²) in [5, 5.41) is 6.30. The molecule has 7 nitrogen and oxygen atoms in total. The molecule has 1 heterocycles. The Morgan fingerprint density at radius 2 is 1.55 bits per heavy atom. The Morgan fingerprint density at radius 1 is 0.862 bits per heavy atom. The molecule has 0 saturated heterocycles. The average Bonchev–Trinajstić information content (AvgIpc) is 2.65. The van der Waals surface area contributed by atoms with E-state index in [0.29, 0.717) is 17.5 Å². The third-order valence-electron chi connectivity index (χ3n) is 4.39. The smallest absolute Gasteiger partial charge is 0.261 e. The van der Waals surface area contributed by atoms with Crippen LogP contribution in [0.15, 0.2) is 53.4 Å². The van der Waals surface area contributed by atoms with E-state index in [4.69, 9.17) is 0 Å². The van der Waals surface area contributed by atoms with Gasteiger partial charge in [0, 0.05) is 29.7 Å². The SMILES string of the molecule is CCNc1nc(C)cc(Nc2ccc(NS(=O)(=O)c3ccc(C)c(C)c3)cc2)n1. The average molecular weight is 412 g/mol. The topological polar surface area (TPSA) is 96.0 Å². The Balaban J connectivity index is 1.74. The Morgan fingerprint density at radius 3 is 2.21 bits per heavy atom. The fourth-order valence-electron chi connectivity index (χ4n) is 2.73. The maximum atomic E-state index is 12.6. The van der Waals surface area contributed by atoms with Crippen molar-refractivity contribution in [1.29, 1.82) is 0 Å². The molecule has 0 saturated carbocycles. The molecule has 0 aliphatic rings. The molecule has 0 atom stereocenters. The van der Waals surface area contributed by atoms with Crippen LogP contribution in [0.25, 0.3) is 0 Å². The van der Waals surface area contributed by atoms with Crippen LogP contribution in [0.5, 0.6) is 0 Å². The molecule has 3 rings (SSSR count). The van der Waals surface area contributed by atoms with Gasteiger partial charge in [-0.05, 0) is 75.2 Å². The first-order valence-electron chi connectivity index (χ1n) is 9.33. The van der Waals surface area contributed by atoms with E-state index in [2.05, 4.69) is 25.3 Å². The highest BCUT2D eigenvalue weighted by atomic mass is 32.2. The molecule has 0 amide bonds. The van der Waals surface area contributed by atoms with Gasteiger partial charge in [-0.15, -0.1) is 0 Å². The Labute approximate surface area is 171 Å². The maximum absolute atomic E-state index is 12.6. The molecule has 8 heteroatoms. The van der Waals surface area contributed by atoms with E-state index in [1.807, 2.05) is 39.8 Å². The van der Waals surface area contributed by atoms with E-state index in [-0.39, 0.29) is 4.90 Å². The van der Waals surface area contributed by atoms with Crippen LogP contribution < -0.4 is 15.4 Å². The van der Waals surface area contributed by atoms with Gasteiger partial charge in [-0.25, -0.2) is 13.4 Å². The number of benzene rings is 2. The van der Waals surface area contributed by atoms with Gasteiger partial charge >= 0.3 is 0 Å².